The minimum Gasteiger partial charge on any atom is -0.462 e. The van der Waals surface area contributed by atoms with Gasteiger partial charge in [-0.1, -0.05) is 6.07 Å². The number of carbonyl (C=O) groups excluding carboxylic acids is 3. The molecular weight excluding hydrogens is 356 g/mol. The number of hydrogen-bond acceptors (Lipinski definition) is 5. The van der Waals surface area contributed by atoms with Crippen LogP contribution in [-0.2, 0) is 25.0 Å². The highest BCUT2D eigenvalue weighted by Gasteiger charge is 2.14. The van der Waals surface area contributed by atoms with Crippen LogP contribution in [0.1, 0.15) is 37.0 Å². The van der Waals surface area contributed by atoms with Crippen LogP contribution in [-0.4, -0.2) is 41.7 Å². The van der Waals surface area contributed by atoms with Gasteiger partial charge in [0.15, 0.2) is 0 Å². The van der Waals surface area contributed by atoms with Gasteiger partial charge in [0.1, 0.15) is 0 Å². The average molecular weight is 378 g/mol. The molecule has 1 aliphatic rings. The van der Waals surface area contributed by atoms with Gasteiger partial charge in [-0.05, 0) is 49.2 Å². The summed E-state index contributed by atoms with van der Waals surface area (Å²) in [6.45, 7) is 3.83. The van der Waals surface area contributed by atoms with E-state index in [4.69, 9.17) is 4.74 Å². The molecular formula is C17H22N4O4S. The zero-order chi connectivity index (χ0) is 18.9. The van der Waals surface area contributed by atoms with Gasteiger partial charge in [-0.25, -0.2) is 4.79 Å². The second-order valence-corrected chi connectivity index (χ2v) is 7.28. The summed E-state index contributed by atoms with van der Waals surface area (Å²) < 4.78 is 9.07. The number of hydrogen-bond donors (Lipinski definition) is 2. The lowest BCUT2D eigenvalue weighted by atomic mass is 10.2. The van der Waals surface area contributed by atoms with Gasteiger partial charge in [0.25, 0.3) is 0 Å². The third-order valence-electron chi connectivity index (χ3n) is 3.43. The lowest BCUT2D eigenvalue weighted by molar-refractivity contribution is -0.118. The highest BCUT2D eigenvalue weighted by atomic mass is 32.2. The number of nitrogens with one attached hydrogen (secondary N) is 2. The van der Waals surface area contributed by atoms with Crippen molar-refractivity contribution in [1.29, 1.82) is 0 Å². The SMILES string of the molecule is CCOC(=O)c1cccc(NC(=O)CC/C(C)=N/N=S2\CNC(=O)C2)c1. The number of rotatable bonds is 7. The molecule has 1 aromatic rings. The first-order valence-corrected chi connectivity index (χ1v) is 9.75. The van der Waals surface area contributed by atoms with E-state index in [1.165, 1.54) is 0 Å². The minimum atomic E-state index is -0.422. The molecule has 0 aromatic heterocycles. The predicted molar refractivity (Wildman–Crippen MR) is 101 cm³/mol. The number of nitrogens with zero attached hydrogens (tertiary/aromatic N) is 2. The number of anilines is 1. The first-order valence-electron chi connectivity index (χ1n) is 8.23. The van der Waals surface area contributed by atoms with E-state index < -0.39 is 16.7 Å². The second-order valence-electron chi connectivity index (χ2n) is 5.62. The molecule has 1 unspecified atom stereocenters. The van der Waals surface area contributed by atoms with Crippen LogP contribution in [0.15, 0.2) is 33.8 Å². The van der Waals surface area contributed by atoms with Crippen LogP contribution < -0.4 is 10.6 Å². The Hall–Kier alpha value is -2.55. The first kappa shape index (κ1) is 19.8. The van der Waals surface area contributed by atoms with Crippen molar-refractivity contribution in [3.8, 4) is 0 Å². The molecule has 2 rings (SSSR count). The third kappa shape index (κ3) is 6.40. The minimum absolute atomic E-state index is 0.00522. The molecule has 1 aliphatic heterocycles. The van der Waals surface area contributed by atoms with Crippen LogP contribution >= 0.6 is 0 Å². The summed E-state index contributed by atoms with van der Waals surface area (Å²) in [7, 11) is -0.400. The summed E-state index contributed by atoms with van der Waals surface area (Å²) in [6, 6.07) is 6.61. The van der Waals surface area contributed by atoms with Crippen LogP contribution in [0.4, 0.5) is 5.69 Å². The summed E-state index contributed by atoms with van der Waals surface area (Å²) in [4.78, 5) is 34.9. The van der Waals surface area contributed by atoms with Crippen LogP contribution in [0, 0.1) is 0 Å². The Kier molecular flexibility index (Phi) is 7.46. The van der Waals surface area contributed by atoms with E-state index in [1.807, 2.05) is 0 Å². The molecule has 1 atom stereocenters. The Morgan fingerprint density at radius 1 is 1.35 bits per heavy atom. The zero-order valence-corrected chi connectivity index (χ0v) is 15.6. The van der Waals surface area contributed by atoms with Gasteiger partial charge in [0.05, 0.1) is 23.8 Å². The molecule has 0 spiro atoms. The van der Waals surface area contributed by atoms with E-state index in [2.05, 4.69) is 20.2 Å². The summed E-state index contributed by atoms with van der Waals surface area (Å²) >= 11 is 0. The maximum absolute atomic E-state index is 12.1. The van der Waals surface area contributed by atoms with Gasteiger partial charge in [0.2, 0.25) is 11.8 Å². The monoisotopic (exact) mass is 378 g/mol. The van der Waals surface area contributed by atoms with Gasteiger partial charge in [-0.3, -0.25) is 9.59 Å². The van der Waals surface area contributed by atoms with E-state index in [0.717, 1.165) is 5.71 Å². The Balaban J connectivity index is 1.84. The third-order valence-corrected chi connectivity index (χ3v) is 4.82. The summed E-state index contributed by atoms with van der Waals surface area (Å²) in [5, 5.41) is 9.55. The van der Waals surface area contributed by atoms with Gasteiger partial charge in [-0.2, -0.15) is 5.10 Å². The number of amides is 2. The molecule has 0 saturated carbocycles. The highest BCUT2D eigenvalue weighted by molar-refractivity contribution is 7.88. The standard InChI is InChI=1S/C17H22N4O4S/c1-3-25-17(24)13-5-4-6-14(9-13)19-15(22)8-7-12(2)20-21-26-10-16(23)18-11-26/h4-6,9H,3,7-8,10-11H2,1-2H3,(H,18,23)(H,19,22)/b20-12+. The van der Waals surface area contributed by atoms with Crippen molar-refractivity contribution in [2.24, 2.45) is 9.57 Å². The largest absolute Gasteiger partial charge is 0.462 e. The maximum Gasteiger partial charge on any atom is 0.338 e. The highest BCUT2D eigenvalue weighted by Crippen LogP contribution is 2.12. The van der Waals surface area contributed by atoms with Crippen molar-refractivity contribution < 1.29 is 19.1 Å². The van der Waals surface area contributed by atoms with Crippen LogP contribution in [0.25, 0.3) is 0 Å². The molecule has 0 aliphatic carbocycles. The zero-order valence-electron chi connectivity index (χ0n) is 14.8. The molecule has 9 heteroatoms. The number of ether oxygens (including phenoxy) is 1. The van der Waals surface area contributed by atoms with Crippen LogP contribution in [0.3, 0.4) is 0 Å². The Morgan fingerprint density at radius 2 is 2.15 bits per heavy atom. The summed E-state index contributed by atoms with van der Waals surface area (Å²) in [5.74, 6) is 0.310. The van der Waals surface area contributed by atoms with Crippen molar-refractivity contribution in [2.75, 3.05) is 23.6 Å². The molecule has 26 heavy (non-hydrogen) atoms. The van der Waals surface area contributed by atoms with E-state index >= 15 is 0 Å². The van der Waals surface area contributed by atoms with Gasteiger partial charge >= 0.3 is 5.97 Å². The quantitative estimate of drug-likeness (QED) is 0.429. The molecule has 0 bridgehead atoms. The van der Waals surface area contributed by atoms with E-state index in [0.29, 0.717) is 35.9 Å². The normalized spacial score (nSPS) is 17.1. The fourth-order valence-corrected chi connectivity index (χ4v) is 3.31. The molecule has 1 fully saturated rings. The van der Waals surface area contributed by atoms with Crippen molar-refractivity contribution in [3.05, 3.63) is 29.8 Å². The fourth-order valence-electron chi connectivity index (χ4n) is 2.11. The Labute approximate surface area is 154 Å². The fraction of sp³-hybridized carbons (Fsp3) is 0.412. The van der Waals surface area contributed by atoms with Crippen LogP contribution in [0.2, 0.25) is 0 Å². The van der Waals surface area contributed by atoms with Crippen molar-refractivity contribution in [3.63, 3.8) is 0 Å². The molecule has 1 aromatic carbocycles. The Bertz CT molecular complexity index is 761. The lowest BCUT2D eigenvalue weighted by Gasteiger charge is -2.07. The van der Waals surface area contributed by atoms with Gasteiger partial charge in [0, 0.05) is 17.8 Å². The predicted octanol–water partition coefficient (Wildman–Crippen LogP) is 1.85. The van der Waals surface area contributed by atoms with E-state index in [9.17, 15) is 14.4 Å². The molecule has 140 valence electrons. The first-order chi connectivity index (χ1) is 12.5. The van der Waals surface area contributed by atoms with Crippen molar-refractivity contribution in [1.82, 2.24) is 5.32 Å². The van der Waals surface area contributed by atoms with Crippen molar-refractivity contribution in [2.45, 2.75) is 26.7 Å². The molecule has 2 amide bonds. The number of benzene rings is 1. The summed E-state index contributed by atoms with van der Waals surface area (Å²) in [5.41, 5.74) is 1.66. The molecule has 0 radical (unpaired) electrons. The van der Waals surface area contributed by atoms with Gasteiger partial charge < -0.3 is 15.4 Å². The molecule has 1 heterocycles. The smallest absolute Gasteiger partial charge is 0.338 e. The second kappa shape index (κ2) is 9.81. The van der Waals surface area contributed by atoms with Crippen LogP contribution in [0.5, 0.6) is 0 Å². The van der Waals surface area contributed by atoms with Gasteiger partial charge in [-0.15, -0.1) is 4.47 Å². The topological polar surface area (TPSA) is 109 Å². The van der Waals surface area contributed by atoms with E-state index in [-0.39, 0.29) is 18.2 Å². The molecule has 8 nitrogen and oxygen atoms in total. The molecule has 2 N–H and O–H groups in total. The lowest BCUT2D eigenvalue weighted by Crippen LogP contribution is -2.14. The molecule has 1 saturated heterocycles. The average Bonchev–Trinajstić information content (AvgIpc) is 3.04. The number of esters is 1. The maximum atomic E-state index is 12.1. The summed E-state index contributed by atoms with van der Waals surface area (Å²) in [6.07, 6.45) is 0.713. The number of carbonyl (C=O) groups is 3. The van der Waals surface area contributed by atoms with Crippen molar-refractivity contribution >= 4 is 39.9 Å². The van der Waals surface area contributed by atoms with E-state index in [1.54, 1.807) is 38.1 Å². The Morgan fingerprint density at radius 3 is 2.85 bits per heavy atom.